The lowest BCUT2D eigenvalue weighted by molar-refractivity contribution is -0.140. The first kappa shape index (κ1) is 20.3. The number of phenols is 1. The Balaban J connectivity index is 1.84. The third-order valence-electron chi connectivity index (χ3n) is 5.44. The lowest BCUT2D eigenvalue weighted by Gasteiger charge is -2.25. The van der Waals surface area contributed by atoms with Crippen molar-refractivity contribution in [3.63, 3.8) is 0 Å². The van der Waals surface area contributed by atoms with Crippen LogP contribution in [0.25, 0.3) is 5.76 Å². The Morgan fingerprint density at radius 3 is 2.32 bits per heavy atom. The number of rotatable bonds is 5. The summed E-state index contributed by atoms with van der Waals surface area (Å²) in [6.45, 7) is 2.14. The number of carbonyl (C=O) groups excluding carboxylic acids is 2. The Morgan fingerprint density at radius 1 is 1.00 bits per heavy atom. The molecule has 1 fully saturated rings. The molecule has 31 heavy (non-hydrogen) atoms. The number of nitrogens with zero attached hydrogens (tertiary/aromatic N) is 2. The molecule has 4 rings (SSSR count). The molecule has 1 aliphatic rings. The minimum absolute atomic E-state index is 0.0240. The van der Waals surface area contributed by atoms with Crippen LogP contribution in [0.15, 0.2) is 78.5 Å². The van der Waals surface area contributed by atoms with E-state index in [4.69, 9.17) is 0 Å². The Labute approximate surface area is 180 Å². The van der Waals surface area contributed by atoms with E-state index in [1.54, 1.807) is 42.6 Å². The molecule has 0 radical (unpaired) electrons. The van der Waals surface area contributed by atoms with Gasteiger partial charge in [0.2, 0.25) is 0 Å². The van der Waals surface area contributed by atoms with Crippen molar-refractivity contribution in [3.05, 3.63) is 101 Å². The second-order valence-corrected chi connectivity index (χ2v) is 7.39. The van der Waals surface area contributed by atoms with Crippen LogP contribution >= 0.6 is 0 Å². The summed E-state index contributed by atoms with van der Waals surface area (Å²) in [4.78, 5) is 31.6. The third kappa shape index (κ3) is 3.92. The largest absolute Gasteiger partial charge is 0.508 e. The number of aliphatic hydroxyl groups excluding tert-OH is 1. The van der Waals surface area contributed by atoms with E-state index in [2.05, 4.69) is 4.98 Å². The molecule has 1 aliphatic heterocycles. The normalized spacial score (nSPS) is 17.8. The highest BCUT2D eigenvalue weighted by atomic mass is 16.3. The van der Waals surface area contributed by atoms with E-state index >= 15 is 0 Å². The Kier molecular flexibility index (Phi) is 5.54. The van der Waals surface area contributed by atoms with Gasteiger partial charge < -0.3 is 15.1 Å². The van der Waals surface area contributed by atoms with E-state index in [9.17, 15) is 19.8 Å². The number of aryl methyl sites for hydroxylation is 1. The fourth-order valence-electron chi connectivity index (χ4n) is 3.77. The van der Waals surface area contributed by atoms with Gasteiger partial charge >= 0.3 is 0 Å². The highest BCUT2D eigenvalue weighted by molar-refractivity contribution is 6.46. The van der Waals surface area contributed by atoms with Crippen molar-refractivity contribution in [3.8, 4) is 5.75 Å². The third-order valence-corrected chi connectivity index (χ3v) is 5.44. The van der Waals surface area contributed by atoms with Crippen LogP contribution in [0.3, 0.4) is 0 Å². The molecule has 0 spiro atoms. The predicted molar refractivity (Wildman–Crippen MR) is 116 cm³/mol. The zero-order valence-corrected chi connectivity index (χ0v) is 17.0. The summed E-state index contributed by atoms with van der Waals surface area (Å²) in [5, 5.41) is 20.7. The van der Waals surface area contributed by atoms with Gasteiger partial charge in [0.1, 0.15) is 11.5 Å². The van der Waals surface area contributed by atoms with Crippen molar-refractivity contribution >= 4 is 17.4 Å². The van der Waals surface area contributed by atoms with Crippen molar-refractivity contribution in [1.29, 1.82) is 0 Å². The predicted octanol–water partition coefficient (Wildman–Crippen LogP) is 3.97. The Morgan fingerprint density at radius 2 is 1.71 bits per heavy atom. The molecule has 1 aromatic heterocycles. The van der Waals surface area contributed by atoms with E-state index in [0.29, 0.717) is 16.8 Å². The van der Waals surface area contributed by atoms with E-state index in [1.165, 1.54) is 17.0 Å². The van der Waals surface area contributed by atoms with Crippen LogP contribution < -0.4 is 0 Å². The summed E-state index contributed by atoms with van der Waals surface area (Å²) in [5.41, 5.74) is 2.83. The number of hydrogen-bond acceptors (Lipinski definition) is 5. The second-order valence-electron chi connectivity index (χ2n) is 7.39. The molecule has 3 aromatic rings. The zero-order valence-electron chi connectivity index (χ0n) is 17.0. The molecule has 1 saturated heterocycles. The minimum Gasteiger partial charge on any atom is -0.508 e. The van der Waals surface area contributed by atoms with Gasteiger partial charge in [0.15, 0.2) is 0 Å². The van der Waals surface area contributed by atoms with Crippen molar-refractivity contribution in [2.24, 2.45) is 0 Å². The molecule has 2 aromatic carbocycles. The van der Waals surface area contributed by atoms with E-state index in [-0.39, 0.29) is 23.6 Å². The van der Waals surface area contributed by atoms with E-state index in [0.717, 1.165) is 12.0 Å². The number of aromatic nitrogens is 1. The van der Waals surface area contributed by atoms with E-state index < -0.39 is 17.7 Å². The smallest absolute Gasteiger partial charge is 0.296 e. The van der Waals surface area contributed by atoms with Crippen LogP contribution in [0.4, 0.5) is 0 Å². The van der Waals surface area contributed by atoms with Gasteiger partial charge in [0.25, 0.3) is 11.7 Å². The number of benzene rings is 2. The number of carbonyl (C=O) groups is 2. The first-order chi connectivity index (χ1) is 15.0. The van der Waals surface area contributed by atoms with Gasteiger partial charge in [-0.15, -0.1) is 0 Å². The van der Waals surface area contributed by atoms with Crippen LogP contribution in [0.1, 0.15) is 35.3 Å². The first-order valence-electron chi connectivity index (χ1n) is 10.1. The average molecular weight is 414 g/mol. The number of amides is 1. The fraction of sp³-hybridized carbons (Fsp3) is 0.160. The molecule has 0 bridgehead atoms. The number of pyridine rings is 1. The van der Waals surface area contributed by atoms with Crippen LogP contribution in [0, 0.1) is 0 Å². The molecule has 156 valence electrons. The molecular formula is C25H22N2O4. The molecule has 1 amide bonds. The minimum atomic E-state index is -0.798. The number of hydrogen-bond donors (Lipinski definition) is 2. The van der Waals surface area contributed by atoms with Crippen molar-refractivity contribution in [2.75, 3.05) is 0 Å². The summed E-state index contributed by atoms with van der Waals surface area (Å²) in [5.74, 6) is -1.59. The maximum Gasteiger partial charge on any atom is 0.296 e. The molecular weight excluding hydrogens is 392 g/mol. The summed E-state index contributed by atoms with van der Waals surface area (Å²) < 4.78 is 0. The second kappa shape index (κ2) is 8.44. The zero-order chi connectivity index (χ0) is 22.0. The van der Waals surface area contributed by atoms with Crippen molar-refractivity contribution < 1.29 is 19.8 Å². The van der Waals surface area contributed by atoms with Gasteiger partial charge in [-0.2, -0.15) is 0 Å². The molecule has 0 aliphatic carbocycles. The molecule has 0 saturated carbocycles. The Bertz CT molecular complexity index is 1140. The van der Waals surface area contributed by atoms with Gasteiger partial charge in [0.05, 0.1) is 23.9 Å². The summed E-state index contributed by atoms with van der Waals surface area (Å²) in [6.07, 6.45) is 2.47. The maximum absolute atomic E-state index is 13.0. The number of aromatic hydroxyl groups is 1. The van der Waals surface area contributed by atoms with Gasteiger partial charge in [0, 0.05) is 11.8 Å². The van der Waals surface area contributed by atoms with Crippen LogP contribution in [-0.4, -0.2) is 31.8 Å². The Hall–Kier alpha value is -3.93. The number of Topliss-reactive ketones (excluding diaryl/α,β-unsaturated/α-hetero) is 1. The van der Waals surface area contributed by atoms with Gasteiger partial charge in [-0.3, -0.25) is 14.6 Å². The molecule has 6 heteroatoms. The number of ketones is 1. The quantitative estimate of drug-likeness (QED) is 0.375. The monoisotopic (exact) mass is 414 g/mol. The lowest BCUT2D eigenvalue weighted by atomic mass is 9.95. The van der Waals surface area contributed by atoms with Crippen LogP contribution in [0.5, 0.6) is 5.75 Å². The van der Waals surface area contributed by atoms with E-state index in [1.807, 2.05) is 25.1 Å². The van der Waals surface area contributed by atoms with Crippen molar-refractivity contribution in [2.45, 2.75) is 25.9 Å². The first-order valence-corrected chi connectivity index (χ1v) is 10.1. The van der Waals surface area contributed by atoms with Crippen LogP contribution in [0.2, 0.25) is 0 Å². The van der Waals surface area contributed by atoms with Crippen LogP contribution in [-0.2, 0) is 22.6 Å². The van der Waals surface area contributed by atoms with Gasteiger partial charge in [-0.25, -0.2) is 0 Å². The SMILES string of the molecule is CCc1ccc(/C(O)=C2\C(=O)C(=O)N(Cc3ccccn3)C2c2ccc(O)cc2)cc1. The highest BCUT2D eigenvalue weighted by Crippen LogP contribution is 2.40. The topological polar surface area (TPSA) is 90.7 Å². The molecule has 1 atom stereocenters. The summed E-state index contributed by atoms with van der Waals surface area (Å²) in [7, 11) is 0. The molecule has 1 unspecified atom stereocenters. The number of phenolic OH excluding ortho intramolecular Hbond substituents is 1. The van der Waals surface area contributed by atoms with Crippen molar-refractivity contribution in [1.82, 2.24) is 9.88 Å². The molecule has 2 heterocycles. The lowest BCUT2D eigenvalue weighted by Crippen LogP contribution is -2.29. The molecule has 2 N–H and O–H groups in total. The maximum atomic E-state index is 13.0. The number of likely N-dealkylation sites (tertiary alicyclic amines) is 1. The fourth-order valence-corrected chi connectivity index (χ4v) is 3.77. The summed E-state index contributed by atoms with van der Waals surface area (Å²) in [6, 6.07) is 18.1. The highest BCUT2D eigenvalue weighted by Gasteiger charge is 2.46. The standard InChI is InChI=1S/C25H22N2O4/c1-2-16-6-8-18(9-7-16)23(29)21-22(17-10-12-20(28)13-11-17)27(25(31)24(21)30)15-19-5-3-4-14-26-19/h3-14,22,28-29H,2,15H2,1H3/b23-21+. The average Bonchev–Trinajstić information content (AvgIpc) is 3.05. The number of aliphatic hydroxyl groups is 1. The molecule has 6 nitrogen and oxygen atoms in total. The van der Waals surface area contributed by atoms with Gasteiger partial charge in [-0.1, -0.05) is 49.4 Å². The summed E-state index contributed by atoms with van der Waals surface area (Å²) >= 11 is 0. The van der Waals surface area contributed by atoms with Gasteiger partial charge in [-0.05, 0) is 41.8 Å².